The van der Waals surface area contributed by atoms with E-state index in [1.165, 1.54) is 193 Å². The van der Waals surface area contributed by atoms with Crippen molar-refractivity contribution in [2.75, 3.05) is 13.2 Å². The van der Waals surface area contributed by atoms with Gasteiger partial charge in [0.25, 0.3) is 0 Å². The second-order valence-electron chi connectivity index (χ2n) is 15.1. The fourth-order valence-corrected chi connectivity index (χ4v) is 6.98. The summed E-state index contributed by atoms with van der Waals surface area (Å²) >= 11 is 0. The lowest BCUT2D eigenvalue weighted by Crippen LogP contribution is -2.15. The summed E-state index contributed by atoms with van der Waals surface area (Å²) in [5, 5.41) is 0. The lowest BCUT2D eigenvalue weighted by Gasteiger charge is -2.10. The molecule has 0 saturated heterocycles. The molecule has 0 fully saturated rings. The minimum atomic E-state index is -0.424. The van der Waals surface area contributed by atoms with E-state index in [1.54, 1.807) is 24.3 Å². The Morgan fingerprint density at radius 3 is 0.760 bits per heavy atom. The minimum Gasteiger partial charge on any atom is -0.462 e. The number of hydrogen-bond acceptors (Lipinski definition) is 4. The molecule has 1 aromatic rings. The summed E-state index contributed by atoms with van der Waals surface area (Å²) in [5.74, 6) is -0.848. The highest BCUT2D eigenvalue weighted by molar-refractivity contribution is 6.03. The molecule has 0 aliphatic carbocycles. The molecule has 0 unspecified atom stereocenters. The Balaban J connectivity index is 1.97. The van der Waals surface area contributed by atoms with Gasteiger partial charge in [0.2, 0.25) is 0 Å². The highest BCUT2D eigenvalue weighted by Crippen LogP contribution is 2.17. The van der Waals surface area contributed by atoms with Gasteiger partial charge in [-0.1, -0.05) is 231 Å². The maximum atomic E-state index is 12.8. The zero-order chi connectivity index (χ0) is 36.0. The predicted octanol–water partition coefficient (Wildman–Crippen LogP) is 15.3. The van der Waals surface area contributed by atoms with E-state index in [0.717, 1.165) is 25.7 Å². The van der Waals surface area contributed by atoms with Crippen molar-refractivity contribution in [3.8, 4) is 0 Å². The predicted molar refractivity (Wildman–Crippen MR) is 215 cm³/mol. The summed E-state index contributed by atoms with van der Waals surface area (Å²) in [7, 11) is 0. The summed E-state index contributed by atoms with van der Waals surface area (Å²) in [4.78, 5) is 25.5. The number of carbonyl (C=O) groups excluding carboxylic acids is 2. The highest BCUT2D eigenvalue weighted by atomic mass is 16.5. The van der Waals surface area contributed by atoms with Crippen LogP contribution < -0.4 is 0 Å². The van der Waals surface area contributed by atoms with Gasteiger partial charge in [0.1, 0.15) is 0 Å². The molecule has 4 heteroatoms. The normalized spacial score (nSPS) is 11.2. The average Bonchev–Trinajstić information content (AvgIpc) is 3.13. The van der Waals surface area contributed by atoms with Crippen LogP contribution in [0.2, 0.25) is 0 Å². The Labute approximate surface area is 311 Å². The lowest BCUT2D eigenvalue weighted by molar-refractivity contribution is 0.0450. The molecule has 0 spiro atoms. The second-order valence-corrected chi connectivity index (χ2v) is 15.1. The largest absolute Gasteiger partial charge is 0.462 e. The van der Waals surface area contributed by atoms with E-state index in [9.17, 15) is 9.59 Å². The van der Waals surface area contributed by atoms with Crippen molar-refractivity contribution in [1.82, 2.24) is 0 Å². The number of carbonyl (C=O) groups is 2. The van der Waals surface area contributed by atoms with Gasteiger partial charge in [-0.25, -0.2) is 9.59 Å². The fraction of sp³-hybridized carbons (Fsp3) is 0.826. The van der Waals surface area contributed by atoms with E-state index in [0.29, 0.717) is 24.3 Å². The van der Waals surface area contributed by atoms with Gasteiger partial charge in [0.05, 0.1) is 24.3 Å². The van der Waals surface area contributed by atoms with Crippen molar-refractivity contribution < 1.29 is 19.1 Å². The topological polar surface area (TPSA) is 52.6 Å². The van der Waals surface area contributed by atoms with Crippen LogP contribution in [-0.4, -0.2) is 25.2 Å². The van der Waals surface area contributed by atoms with E-state index < -0.39 is 11.9 Å². The first-order chi connectivity index (χ1) is 24.7. The zero-order valence-corrected chi connectivity index (χ0v) is 33.4. The maximum absolute atomic E-state index is 12.8. The fourth-order valence-electron chi connectivity index (χ4n) is 6.98. The molecule has 50 heavy (non-hydrogen) atoms. The van der Waals surface area contributed by atoms with E-state index in [-0.39, 0.29) is 0 Å². The Morgan fingerprint density at radius 1 is 0.340 bits per heavy atom. The monoisotopic (exact) mass is 699 g/mol. The van der Waals surface area contributed by atoms with Crippen molar-refractivity contribution in [2.24, 2.45) is 0 Å². The Morgan fingerprint density at radius 2 is 0.540 bits per heavy atom. The average molecular weight is 699 g/mol. The van der Waals surface area contributed by atoms with E-state index in [4.69, 9.17) is 9.47 Å². The van der Waals surface area contributed by atoms with Gasteiger partial charge in [-0.05, 0) is 25.0 Å². The molecule has 290 valence electrons. The van der Waals surface area contributed by atoms with Crippen molar-refractivity contribution in [3.63, 3.8) is 0 Å². The Hall–Kier alpha value is -1.84. The van der Waals surface area contributed by atoms with Crippen molar-refractivity contribution in [1.29, 1.82) is 0 Å². The molecule has 0 aromatic heterocycles. The number of rotatable bonds is 38. The molecule has 4 nitrogen and oxygen atoms in total. The summed E-state index contributed by atoms with van der Waals surface area (Å²) in [6.07, 6.45) is 45.0. The summed E-state index contributed by atoms with van der Waals surface area (Å²) in [6.45, 7) is 5.37. The van der Waals surface area contributed by atoms with Crippen LogP contribution in [0.25, 0.3) is 0 Å². The van der Waals surface area contributed by atoms with Crippen molar-refractivity contribution >= 4 is 11.9 Å². The quantitative estimate of drug-likeness (QED) is 0.0509. The smallest absolute Gasteiger partial charge is 0.339 e. The van der Waals surface area contributed by atoms with Crippen molar-refractivity contribution in [3.05, 3.63) is 35.4 Å². The standard InChI is InChI=1S/C46H82O4/c1-3-5-7-9-11-13-15-17-19-21-23-25-27-29-31-33-37-41-49-45(47)43-39-35-36-40-44(43)46(48)50-42-38-34-32-30-28-26-24-22-20-18-16-14-12-10-8-6-4-2/h35-36,39-40H,3-34,37-38,41-42H2,1-2H3. The molecule has 0 amide bonds. The number of hydrogen-bond donors (Lipinski definition) is 0. The molecule has 0 aliphatic rings. The lowest BCUT2D eigenvalue weighted by atomic mass is 10.0. The second kappa shape index (κ2) is 36.9. The van der Waals surface area contributed by atoms with Gasteiger partial charge in [-0.2, -0.15) is 0 Å². The first-order valence-corrected chi connectivity index (χ1v) is 22.1. The molecule has 0 radical (unpaired) electrons. The molecule has 0 saturated carbocycles. The third kappa shape index (κ3) is 28.8. The van der Waals surface area contributed by atoms with E-state index in [1.807, 2.05) is 0 Å². The summed E-state index contributed by atoms with van der Waals surface area (Å²) in [5.41, 5.74) is 0.624. The zero-order valence-electron chi connectivity index (χ0n) is 33.4. The molecule has 0 atom stereocenters. The van der Waals surface area contributed by atoms with E-state index in [2.05, 4.69) is 13.8 Å². The molecule has 0 heterocycles. The van der Waals surface area contributed by atoms with Gasteiger partial charge in [0.15, 0.2) is 0 Å². The van der Waals surface area contributed by atoms with Gasteiger partial charge >= 0.3 is 11.9 Å². The number of esters is 2. The molecular formula is C46H82O4. The Bertz CT molecular complexity index is 810. The molecule has 1 rings (SSSR count). The van der Waals surface area contributed by atoms with Gasteiger partial charge < -0.3 is 9.47 Å². The molecule has 1 aromatic carbocycles. The third-order valence-corrected chi connectivity index (χ3v) is 10.3. The SMILES string of the molecule is CCCCCCCCCCCCCCCCCCCOC(=O)c1ccccc1C(=O)OCCCCCCCCCCCCCCCCCCC. The number of unbranched alkanes of at least 4 members (excludes halogenated alkanes) is 32. The minimum absolute atomic E-state index is 0.312. The van der Waals surface area contributed by atoms with Crippen LogP contribution in [0, 0.1) is 0 Å². The van der Waals surface area contributed by atoms with Crippen LogP contribution in [-0.2, 0) is 9.47 Å². The first-order valence-electron chi connectivity index (χ1n) is 22.1. The van der Waals surface area contributed by atoms with Crippen molar-refractivity contribution in [2.45, 2.75) is 232 Å². The molecule has 0 aliphatic heterocycles. The number of benzene rings is 1. The maximum Gasteiger partial charge on any atom is 0.339 e. The third-order valence-electron chi connectivity index (χ3n) is 10.3. The van der Waals surface area contributed by atoms with Crippen LogP contribution in [0.15, 0.2) is 24.3 Å². The number of ether oxygens (including phenoxy) is 2. The van der Waals surface area contributed by atoms with Crippen LogP contribution in [0.4, 0.5) is 0 Å². The van der Waals surface area contributed by atoms with Crippen LogP contribution in [0.5, 0.6) is 0 Å². The van der Waals surface area contributed by atoms with Gasteiger partial charge in [-0.15, -0.1) is 0 Å². The highest BCUT2D eigenvalue weighted by Gasteiger charge is 2.18. The van der Waals surface area contributed by atoms with Crippen LogP contribution >= 0.6 is 0 Å². The summed E-state index contributed by atoms with van der Waals surface area (Å²) < 4.78 is 11.1. The molecule has 0 bridgehead atoms. The van der Waals surface area contributed by atoms with Crippen LogP contribution in [0.1, 0.15) is 253 Å². The van der Waals surface area contributed by atoms with Crippen LogP contribution in [0.3, 0.4) is 0 Å². The molecular weight excluding hydrogens is 617 g/mol. The summed E-state index contributed by atoms with van der Waals surface area (Å²) in [6, 6.07) is 6.89. The first kappa shape index (κ1) is 46.2. The molecule has 0 N–H and O–H groups in total. The Kier molecular flexibility index (Phi) is 34.1. The van der Waals surface area contributed by atoms with Gasteiger partial charge in [-0.3, -0.25) is 0 Å². The van der Waals surface area contributed by atoms with Gasteiger partial charge in [0, 0.05) is 0 Å². The van der Waals surface area contributed by atoms with E-state index >= 15 is 0 Å².